The van der Waals surface area contributed by atoms with E-state index in [1.165, 1.54) is 12.3 Å². The van der Waals surface area contributed by atoms with Gasteiger partial charge >= 0.3 is 18.0 Å². The predicted octanol–water partition coefficient (Wildman–Crippen LogP) is 2.97. The molecule has 0 saturated carbocycles. The van der Waals surface area contributed by atoms with Crippen molar-refractivity contribution in [1.29, 1.82) is 0 Å². The van der Waals surface area contributed by atoms with Crippen LogP contribution >= 0.6 is 0 Å². The van der Waals surface area contributed by atoms with Crippen molar-refractivity contribution >= 4 is 5.91 Å². The molecule has 0 radical (unpaired) electrons. The number of carbonyl (C=O) groups excluding carboxylic acids is 1. The molecule has 106 valence electrons. The van der Waals surface area contributed by atoms with Crippen LogP contribution in [-0.4, -0.2) is 18.0 Å². The number of fused-ring (bicyclic) bond motifs is 1. The van der Waals surface area contributed by atoms with Crippen LogP contribution in [0.1, 0.15) is 30.2 Å². The summed E-state index contributed by atoms with van der Waals surface area (Å²) in [5.74, 6) is -7.22. The summed E-state index contributed by atoms with van der Waals surface area (Å²) in [5.41, 5.74) is 0.456. The minimum atomic E-state index is -5.90. The molecule has 1 heterocycles. The minimum Gasteiger partial charge on any atom is -0.469 e. The van der Waals surface area contributed by atoms with Crippen LogP contribution in [-0.2, 0) is 11.2 Å². The van der Waals surface area contributed by atoms with Crippen molar-refractivity contribution in [3.63, 3.8) is 0 Å². The highest BCUT2D eigenvalue weighted by molar-refractivity contribution is 5.84. The lowest BCUT2D eigenvalue weighted by molar-refractivity contribution is -0.270. The quantitative estimate of drug-likeness (QED) is 0.848. The number of hydrogen-bond donors (Lipinski definition) is 1. The second-order valence-electron chi connectivity index (χ2n) is 4.29. The fourth-order valence-electron chi connectivity index (χ4n) is 2.01. The van der Waals surface area contributed by atoms with Gasteiger partial charge in [-0.25, -0.2) is 0 Å². The molecule has 0 spiro atoms. The third-order valence-corrected chi connectivity index (χ3v) is 3.00. The molecule has 2 rings (SSSR count). The summed E-state index contributed by atoms with van der Waals surface area (Å²) in [5, 5.41) is 1.74. The molecule has 1 aromatic heterocycles. The standard InChI is InChI=1S/C11H10F5NO2/c12-10(13,11(14,15)16)9(18)17-7-2-1-3-8-6(7)4-5-19-8/h4-5,7H,1-3H2,(H,17,18). The van der Waals surface area contributed by atoms with Crippen LogP contribution in [0.5, 0.6) is 0 Å². The van der Waals surface area contributed by atoms with E-state index >= 15 is 0 Å². The number of carbonyl (C=O) groups is 1. The van der Waals surface area contributed by atoms with Gasteiger partial charge in [0, 0.05) is 12.0 Å². The first-order valence-corrected chi connectivity index (χ1v) is 5.55. The van der Waals surface area contributed by atoms with E-state index in [1.807, 2.05) is 0 Å². The van der Waals surface area contributed by atoms with Crippen LogP contribution in [0.15, 0.2) is 16.7 Å². The molecule has 0 aromatic carbocycles. The highest BCUT2D eigenvalue weighted by Crippen LogP contribution is 2.37. The summed E-state index contributed by atoms with van der Waals surface area (Å²) in [6.07, 6.45) is -3.17. The molecule has 1 aliphatic rings. The summed E-state index contributed by atoms with van der Waals surface area (Å²) in [6, 6.07) is 0.591. The van der Waals surface area contributed by atoms with Crippen molar-refractivity contribution in [3.8, 4) is 0 Å². The maximum Gasteiger partial charge on any atom is 0.463 e. The van der Waals surface area contributed by atoms with E-state index in [4.69, 9.17) is 4.42 Å². The van der Waals surface area contributed by atoms with Crippen LogP contribution in [0.2, 0.25) is 0 Å². The van der Waals surface area contributed by atoms with E-state index in [0.29, 0.717) is 30.6 Å². The SMILES string of the molecule is O=C(NC1CCCc2occc21)C(F)(F)C(F)(F)F. The lowest BCUT2D eigenvalue weighted by Crippen LogP contribution is -2.51. The summed E-state index contributed by atoms with van der Waals surface area (Å²) >= 11 is 0. The fourth-order valence-corrected chi connectivity index (χ4v) is 2.01. The molecule has 1 N–H and O–H groups in total. The van der Waals surface area contributed by atoms with Crippen molar-refractivity contribution in [3.05, 3.63) is 23.7 Å². The van der Waals surface area contributed by atoms with Gasteiger partial charge < -0.3 is 9.73 Å². The number of amides is 1. The third-order valence-electron chi connectivity index (χ3n) is 3.00. The first-order chi connectivity index (χ1) is 8.73. The van der Waals surface area contributed by atoms with Gasteiger partial charge in [-0.15, -0.1) is 0 Å². The summed E-state index contributed by atoms with van der Waals surface area (Å²) in [7, 11) is 0. The third kappa shape index (κ3) is 2.43. The maximum atomic E-state index is 12.8. The minimum absolute atomic E-state index is 0.298. The van der Waals surface area contributed by atoms with Crippen LogP contribution in [0.4, 0.5) is 22.0 Å². The van der Waals surface area contributed by atoms with E-state index in [1.54, 1.807) is 5.32 Å². The van der Waals surface area contributed by atoms with Crippen molar-refractivity contribution in [2.24, 2.45) is 0 Å². The molecule has 1 atom stereocenters. The zero-order valence-corrected chi connectivity index (χ0v) is 9.56. The molecular weight excluding hydrogens is 273 g/mol. The lowest BCUT2D eigenvalue weighted by Gasteiger charge is -2.26. The normalized spacial score (nSPS) is 19.9. The van der Waals surface area contributed by atoms with Gasteiger partial charge in [-0.2, -0.15) is 22.0 Å². The largest absolute Gasteiger partial charge is 0.469 e. The van der Waals surface area contributed by atoms with Crippen molar-refractivity contribution in [1.82, 2.24) is 5.32 Å². The van der Waals surface area contributed by atoms with Gasteiger partial charge in [-0.1, -0.05) is 0 Å². The van der Waals surface area contributed by atoms with E-state index < -0.39 is 24.0 Å². The topological polar surface area (TPSA) is 42.2 Å². The van der Waals surface area contributed by atoms with E-state index in [9.17, 15) is 26.7 Å². The Morgan fingerprint density at radius 2 is 2.00 bits per heavy atom. The Balaban J connectivity index is 2.14. The molecule has 0 aliphatic heterocycles. The Labute approximate surface area is 104 Å². The van der Waals surface area contributed by atoms with Crippen LogP contribution < -0.4 is 5.32 Å². The average molecular weight is 283 g/mol. The van der Waals surface area contributed by atoms with Gasteiger partial charge in [0.15, 0.2) is 0 Å². The number of halogens is 5. The van der Waals surface area contributed by atoms with Crippen molar-refractivity contribution in [2.45, 2.75) is 37.4 Å². The average Bonchev–Trinajstić information content (AvgIpc) is 2.76. The Hall–Kier alpha value is -1.60. The second-order valence-corrected chi connectivity index (χ2v) is 4.29. The number of alkyl halides is 5. The molecule has 1 aromatic rings. The molecular formula is C11H10F5NO2. The number of hydrogen-bond acceptors (Lipinski definition) is 2. The van der Waals surface area contributed by atoms with Crippen LogP contribution in [0.3, 0.4) is 0 Å². The number of nitrogens with one attached hydrogen (secondary N) is 1. The highest BCUT2D eigenvalue weighted by atomic mass is 19.4. The molecule has 3 nitrogen and oxygen atoms in total. The zero-order chi connectivity index (χ0) is 14.3. The van der Waals surface area contributed by atoms with Crippen molar-refractivity contribution in [2.75, 3.05) is 0 Å². The summed E-state index contributed by atoms with van der Waals surface area (Å²) < 4.78 is 66.8. The number of aryl methyl sites for hydroxylation is 1. The molecule has 1 aliphatic carbocycles. The van der Waals surface area contributed by atoms with Gasteiger partial charge in [0.25, 0.3) is 0 Å². The molecule has 1 unspecified atom stereocenters. The Bertz CT molecular complexity index is 480. The molecule has 19 heavy (non-hydrogen) atoms. The van der Waals surface area contributed by atoms with Gasteiger partial charge in [-0.05, 0) is 18.9 Å². The zero-order valence-electron chi connectivity index (χ0n) is 9.56. The summed E-state index contributed by atoms with van der Waals surface area (Å²) in [4.78, 5) is 11.1. The molecule has 8 heteroatoms. The van der Waals surface area contributed by atoms with Gasteiger partial charge in [0.1, 0.15) is 5.76 Å². The van der Waals surface area contributed by atoms with E-state index in [-0.39, 0.29) is 0 Å². The van der Waals surface area contributed by atoms with Gasteiger partial charge in [-0.3, -0.25) is 4.79 Å². The lowest BCUT2D eigenvalue weighted by atomic mass is 9.93. The van der Waals surface area contributed by atoms with Crippen LogP contribution in [0, 0.1) is 0 Å². The van der Waals surface area contributed by atoms with E-state index in [2.05, 4.69) is 0 Å². The first kappa shape index (κ1) is 13.8. The summed E-state index contributed by atoms with van der Waals surface area (Å²) in [6.45, 7) is 0. The van der Waals surface area contributed by atoms with Crippen LogP contribution in [0.25, 0.3) is 0 Å². The first-order valence-electron chi connectivity index (χ1n) is 5.55. The van der Waals surface area contributed by atoms with E-state index in [0.717, 1.165) is 0 Å². The highest BCUT2D eigenvalue weighted by Gasteiger charge is 2.63. The smallest absolute Gasteiger partial charge is 0.463 e. The predicted molar refractivity (Wildman–Crippen MR) is 53.5 cm³/mol. The number of rotatable bonds is 2. The van der Waals surface area contributed by atoms with Gasteiger partial charge in [0.2, 0.25) is 0 Å². The number of furan rings is 1. The Kier molecular flexibility index (Phi) is 3.27. The molecule has 1 amide bonds. The second kappa shape index (κ2) is 4.50. The Morgan fingerprint density at radius 3 is 2.63 bits per heavy atom. The fraction of sp³-hybridized carbons (Fsp3) is 0.545. The van der Waals surface area contributed by atoms with Crippen molar-refractivity contribution < 1.29 is 31.2 Å². The van der Waals surface area contributed by atoms with Gasteiger partial charge in [0.05, 0.1) is 12.3 Å². The Morgan fingerprint density at radius 1 is 1.32 bits per heavy atom. The maximum absolute atomic E-state index is 12.8. The molecule has 0 saturated heterocycles. The monoisotopic (exact) mass is 283 g/mol. The molecule has 0 bridgehead atoms. The molecule has 0 fully saturated rings.